The third-order valence-electron chi connectivity index (χ3n) is 3.94. The van der Waals surface area contributed by atoms with Gasteiger partial charge in [-0.05, 0) is 25.0 Å². The molecule has 3 heterocycles. The summed E-state index contributed by atoms with van der Waals surface area (Å²) in [5, 5.41) is 2.83. The summed E-state index contributed by atoms with van der Waals surface area (Å²) in [6, 6.07) is 3.32. The van der Waals surface area contributed by atoms with E-state index in [9.17, 15) is 9.59 Å². The van der Waals surface area contributed by atoms with Gasteiger partial charge in [-0.25, -0.2) is 0 Å². The van der Waals surface area contributed by atoms with E-state index in [-0.39, 0.29) is 30.3 Å². The molecule has 0 saturated carbocycles. The van der Waals surface area contributed by atoms with Crippen molar-refractivity contribution in [3.05, 3.63) is 23.7 Å². The van der Waals surface area contributed by atoms with E-state index in [0.717, 1.165) is 12.8 Å². The fourth-order valence-corrected chi connectivity index (χ4v) is 2.95. The molecule has 0 spiro atoms. The second-order valence-electron chi connectivity index (χ2n) is 5.03. The lowest BCUT2D eigenvalue weighted by Crippen LogP contribution is -2.48. The normalized spacial score (nSPS) is 26.2. The van der Waals surface area contributed by atoms with Gasteiger partial charge in [-0.1, -0.05) is 0 Å². The number of fused-ring (bicyclic) bond motifs is 1. The largest absolute Gasteiger partial charge is 0.455 e. The summed E-state index contributed by atoms with van der Waals surface area (Å²) in [6.45, 7) is 1.49. The lowest BCUT2D eigenvalue weighted by Gasteiger charge is -2.35. The van der Waals surface area contributed by atoms with Gasteiger partial charge in [-0.15, -0.1) is 0 Å². The van der Waals surface area contributed by atoms with Gasteiger partial charge in [-0.2, -0.15) is 0 Å². The molecule has 6 nitrogen and oxygen atoms in total. The first-order chi connectivity index (χ1) is 9.20. The number of carbonyl (C=O) groups is 2. The highest BCUT2D eigenvalue weighted by atomic mass is 16.4. The molecule has 1 aromatic rings. The maximum absolute atomic E-state index is 12.4. The van der Waals surface area contributed by atoms with Crippen molar-refractivity contribution < 1.29 is 14.0 Å². The van der Waals surface area contributed by atoms with Crippen LogP contribution in [0.4, 0.5) is 0 Å². The molecule has 0 aromatic carbocycles. The first-order valence-electron chi connectivity index (χ1n) is 6.58. The Balaban J connectivity index is 1.81. The topological polar surface area (TPSA) is 88.6 Å². The number of furan rings is 1. The highest BCUT2D eigenvalue weighted by Gasteiger charge is 2.43. The summed E-state index contributed by atoms with van der Waals surface area (Å²) in [4.78, 5) is 25.9. The number of nitrogens with zero attached hydrogens (tertiary/aromatic N) is 1. The van der Waals surface area contributed by atoms with E-state index in [2.05, 4.69) is 5.32 Å². The molecule has 2 saturated heterocycles. The molecule has 3 N–H and O–H groups in total. The minimum Gasteiger partial charge on any atom is -0.455 e. The summed E-state index contributed by atoms with van der Waals surface area (Å²) in [7, 11) is 0. The molecular formula is C13H17N3O3. The molecule has 6 heteroatoms. The minimum absolute atomic E-state index is 0.0415. The number of hydrogen-bond donors (Lipinski definition) is 2. The molecule has 2 amide bonds. The van der Waals surface area contributed by atoms with Crippen molar-refractivity contribution in [2.24, 2.45) is 11.7 Å². The Hall–Kier alpha value is -1.82. The molecule has 2 unspecified atom stereocenters. The molecule has 2 aliphatic rings. The Morgan fingerprint density at radius 2 is 2.37 bits per heavy atom. The molecule has 0 aliphatic carbocycles. The highest BCUT2D eigenvalue weighted by Crippen LogP contribution is 2.28. The van der Waals surface area contributed by atoms with E-state index in [4.69, 9.17) is 10.2 Å². The summed E-state index contributed by atoms with van der Waals surface area (Å²) in [6.07, 6.45) is 1.71. The zero-order valence-corrected chi connectivity index (χ0v) is 10.6. The summed E-state index contributed by atoms with van der Waals surface area (Å²) in [5.41, 5.74) is 5.47. The van der Waals surface area contributed by atoms with Crippen molar-refractivity contribution in [1.82, 2.24) is 10.2 Å². The van der Waals surface area contributed by atoms with Gasteiger partial charge in [0.15, 0.2) is 5.76 Å². The zero-order valence-electron chi connectivity index (χ0n) is 10.6. The maximum atomic E-state index is 12.4. The van der Waals surface area contributed by atoms with Crippen LogP contribution < -0.4 is 11.1 Å². The lowest BCUT2D eigenvalue weighted by atomic mass is 9.91. The Morgan fingerprint density at radius 3 is 3.11 bits per heavy atom. The van der Waals surface area contributed by atoms with Crippen molar-refractivity contribution in [1.29, 1.82) is 0 Å². The number of carbonyl (C=O) groups excluding carboxylic acids is 2. The maximum Gasteiger partial charge on any atom is 0.289 e. The summed E-state index contributed by atoms with van der Waals surface area (Å²) in [5.74, 6) is 0.745. The lowest BCUT2D eigenvalue weighted by molar-refractivity contribution is -0.123. The standard InChI is InChI=1S/C13H17N3O3/c14-6-8-3-4-11(19-8)13(18)16-5-1-2-9-10(16)7-15-12(9)17/h3-4,9-10H,1-2,5-7,14H2,(H,15,17). The van der Waals surface area contributed by atoms with Crippen LogP contribution in [0, 0.1) is 5.92 Å². The Kier molecular flexibility index (Phi) is 3.02. The monoisotopic (exact) mass is 263 g/mol. The van der Waals surface area contributed by atoms with E-state index in [1.807, 2.05) is 0 Å². The van der Waals surface area contributed by atoms with E-state index in [1.54, 1.807) is 17.0 Å². The van der Waals surface area contributed by atoms with Gasteiger partial charge in [0.2, 0.25) is 5.91 Å². The fraction of sp³-hybridized carbons (Fsp3) is 0.538. The third kappa shape index (κ3) is 2.02. The molecule has 3 rings (SSSR count). The van der Waals surface area contributed by atoms with Crippen LogP contribution in [-0.4, -0.2) is 35.8 Å². The average molecular weight is 263 g/mol. The van der Waals surface area contributed by atoms with E-state index in [1.165, 1.54) is 0 Å². The molecule has 19 heavy (non-hydrogen) atoms. The van der Waals surface area contributed by atoms with Crippen molar-refractivity contribution in [2.45, 2.75) is 25.4 Å². The second kappa shape index (κ2) is 4.70. The van der Waals surface area contributed by atoms with Gasteiger partial charge in [0.1, 0.15) is 5.76 Å². The third-order valence-corrected chi connectivity index (χ3v) is 3.94. The van der Waals surface area contributed by atoms with E-state index < -0.39 is 0 Å². The number of likely N-dealkylation sites (tertiary alicyclic amines) is 1. The zero-order chi connectivity index (χ0) is 13.4. The molecular weight excluding hydrogens is 246 g/mol. The van der Waals surface area contributed by atoms with Crippen LogP contribution in [0.25, 0.3) is 0 Å². The Bertz CT molecular complexity index is 511. The highest BCUT2D eigenvalue weighted by molar-refractivity contribution is 5.93. The first-order valence-corrected chi connectivity index (χ1v) is 6.58. The summed E-state index contributed by atoms with van der Waals surface area (Å²) < 4.78 is 5.40. The molecule has 1 aromatic heterocycles. The molecule has 2 aliphatic heterocycles. The predicted molar refractivity (Wildman–Crippen MR) is 67.2 cm³/mol. The average Bonchev–Trinajstić information content (AvgIpc) is 3.05. The van der Waals surface area contributed by atoms with E-state index in [0.29, 0.717) is 24.6 Å². The number of amides is 2. The fourth-order valence-electron chi connectivity index (χ4n) is 2.95. The van der Waals surface area contributed by atoms with E-state index >= 15 is 0 Å². The van der Waals surface area contributed by atoms with Gasteiger partial charge in [-0.3, -0.25) is 9.59 Å². The SMILES string of the molecule is NCc1ccc(C(=O)N2CCCC3C(=O)NCC32)o1. The van der Waals surface area contributed by atoms with Gasteiger partial charge in [0, 0.05) is 13.1 Å². The molecule has 2 fully saturated rings. The predicted octanol–water partition coefficient (Wildman–Crippen LogP) is 0.0889. The minimum atomic E-state index is -0.147. The smallest absolute Gasteiger partial charge is 0.289 e. The number of piperidine rings is 1. The number of nitrogens with two attached hydrogens (primary N) is 1. The number of nitrogens with one attached hydrogen (secondary N) is 1. The van der Waals surface area contributed by atoms with Crippen LogP contribution in [0.3, 0.4) is 0 Å². The van der Waals surface area contributed by atoms with Gasteiger partial charge >= 0.3 is 0 Å². The number of hydrogen-bond acceptors (Lipinski definition) is 4. The van der Waals surface area contributed by atoms with Gasteiger partial charge in [0.25, 0.3) is 5.91 Å². The first kappa shape index (κ1) is 12.2. The number of rotatable bonds is 2. The quantitative estimate of drug-likeness (QED) is 0.791. The Morgan fingerprint density at radius 1 is 1.53 bits per heavy atom. The van der Waals surface area contributed by atoms with Gasteiger partial charge in [0.05, 0.1) is 18.5 Å². The molecule has 2 atom stereocenters. The van der Waals surface area contributed by atoms with Gasteiger partial charge < -0.3 is 20.4 Å². The van der Waals surface area contributed by atoms with Crippen LogP contribution >= 0.6 is 0 Å². The van der Waals surface area contributed by atoms with Crippen LogP contribution in [-0.2, 0) is 11.3 Å². The molecule has 0 radical (unpaired) electrons. The summed E-state index contributed by atoms with van der Waals surface area (Å²) >= 11 is 0. The van der Waals surface area contributed by atoms with Crippen LogP contribution in [0.5, 0.6) is 0 Å². The second-order valence-corrected chi connectivity index (χ2v) is 5.03. The Labute approximate surface area is 110 Å². The van der Waals surface area contributed by atoms with Crippen molar-refractivity contribution in [3.8, 4) is 0 Å². The van der Waals surface area contributed by atoms with Crippen LogP contribution in [0.15, 0.2) is 16.5 Å². The van der Waals surface area contributed by atoms with Crippen LogP contribution in [0.1, 0.15) is 29.2 Å². The van der Waals surface area contributed by atoms with Crippen molar-refractivity contribution in [2.75, 3.05) is 13.1 Å². The van der Waals surface area contributed by atoms with Crippen molar-refractivity contribution in [3.63, 3.8) is 0 Å². The molecule has 0 bridgehead atoms. The van der Waals surface area contributed by atoms with Crippen molar-refractivity contribution >= 4 is 11.8 Å². The molecule has 102 valence electrons. The van der Waals surface area contributed by atoms with Crippen LogP contribution in [0.2, 0.25) is 0 Å².